The Labute approximate surface area is 144 Å². The molecule has 5 nitrogen and oxygen atoms in total. The molecule has 2 aromatic heterocycles. The number of anilines is 1. The number of benzene rings is 1. The Balaban J connectivity index is 1.49. The van der Waals surface area contributed by atoms with Crippen LogP contribution in [0.1, 0.15) is 23.3 Å². The highest BCUT2D eigenvalue weighted by Crippen LogP contribution is 2.22. The average Bonchev–Trinajstić information content (AvgIpc) is 3.10. The quantitative estimate of drug-likeness (QED) is 0.795. The fraction of sp³-hybridized carbons (Fsp3) is 0.263. The second kappa shape index (κ2) is 6.55. The molecule has 1 amide bonds. The number of nitrogens with one attached hydrogen (secondary N) is 1. The van der Waals surface area contributed by atoms with Gasteiger partial charge in [0.05, 0.1) is 11.6 Å². The Morgan fingerprint density at radius 1 is 1.32 bits per heavy atom. The number of amides is 1. The molecule has 1 aromatic carbocycles. The molecule has 0 spiro atoms. The van der Waals surface area contributed by atoms with Crippen molar-refractivity contribution in [3.8, 4) is 0 Å². The third kappa shape index (κ3) is 3.20. The molecule has 0 radical (unpaired) electrons. The number of pyridine rings is 1. The maximum Gasteiger partial charge on any atom is 0.270 e. The maximum absolute atomic E-state index is 13.5. The third-order valence-electron chi connectivity index (χ3n) is 4.52. The van der Waals surface area contributed by atoms with Gasteiger partial charge in [-0.3, -0.25) is 9.78 Å². The van der Waals surface area contributed by atoms with E-state index < -0.39 is 0 Å². The molecule has 1 saturated heterocycles. The number of aromatic nitrogens is 1. The molecule has 1 atom stereocenters. The molecule has 1 N–H and O–H groups in total. The first kappa shape index (κ1) is 15.6. The Bertz CT molecular complexity index is 908. The maximum atomic E-state index is 13.5. The molecule has 1 fully saturated rings. The molecule has 128 valence electrons. The van der Waals surface area contributed by atoms with Crippen molar-refractivity contribution in [3.63, 3.8) is 0 Å². The van der Waals surface area contributed by atoms with Crippen molar-refractivity contribution in [1.82, 2.24) is 10.3 Å². The van der Waals surface area contributed by atoms with Crippen molar-refractivity contribution in [3.05, 3.63) is 60.4 Å². The Hall–Kier alpha value is -2.89. The highest BCUT2D eigenvalue weighted by molar-refractivity contribution is 6.04. The SMILES string of the molecule is O=C(NC1CCCN(c2cccc(F)c2)C1)c1nccc2occc12. The number of nitrogens with zero attached hydrogens (tertiary/aromatic N) is 2. The van der Waals surface area contributed by atoms with E-state index in [4.69, 9.17) is 4.42 Å². The Morgan fingerprint density at radius 2 is 2.24 bits per heavy atom. The van der Waals surface area contributed by atoms with E-state index in [2.05, 4.69) is 15.2 Å². The summed E-state index contributed by atoms with van der Waals surface area (Å²) in [5.41, 5.74) is 1.85. The lowest BCUT2D eigenvalue weighted by molar-refractivity contribution is 0.0930. The molecule has 6 heteroatoms. The third-order valence-corrected chi connectivity index (χ3v) is 4.52. The van der Waals surface area contributed by atoms with E-state index in [0.29, 0.717) is 23.2 Å². The molecule has 0 saturated carbocycles. The predicted molar refractivity (Wildman–Crippen MR) is 93.1 cm³/mol. The summed E-state index contributed by atoms with van der Waals surface area (Å²) in [5.74, 6) is -0.461. The molecule has 4 rings (SSSR count). The summed E-state index contributed by atoms with van der Waals surface area (Å²) in [4.78, 5) is 18.9. The van der Waals surface area contributed by atoms with Gasteiger partial charge in [0.2, 0.25) is 0 Å². The van der Waals surface area contributed by atoms with Gasteiger partial charge in [-0.05, 0) is 43.2 Å². The summed E-state index contributed by atoms with van der Waals surface area (Å²) < 4.78 is 18.8. The lowest BCUT2D eigenvalue weighted by Gasteiger charge is -2.34. The predicted octanol–water partition coefficient (Wildman–Crippen LogP) is 3.37. The summed E-state index contributed by atoms with van der Waals surface area (Å²) in [7, 11) is 0. The van der Waals surface area contributed by atoms with Gasteiger partial charge in [-0.1, -0.05) is 6.07 Å². The molecule has 0 aliphatic carbocycles. The van der Waals surface area contributed by atoms with Crippen molar-refractivity contribution in [1.29, 1.82) is 0 Å². The topological polar surface area (TPSA) is 58.4 Å². The number of hydrogen-bond donors (Lipinski definition) is 1. The number of hydrogen-bond acceptors (Lipinski definition) is 4. The number of carbonyl (C=O) groups excluding carboxylic acids is 1. The van der Waals surface area contributed by atoms with Crippen LogP contribution in [0, 0.1) is 5.82 Å². The van der Waals surface area contributed by atoms with Gasteiger partial charge in [-0.15, -0.1) is 0 Å². The zero-order chi connectivity index (χ0) is 17.2. The van der Waals surface area contributed by atoms with Crippen molar-refractivity contribution in [2.24, 2.45) is 0 Å². The van der Waals surface area contributed by atoms with Crippen LogP contribution < -0.4 is 10.2 Å². The molecular formula is C19H18FN3O2. The van der Waals surface area contributed by atoms with E-state index in [1.807, 2.05) is 6.07 Å². The minimum atomic E-state index is -0.250. The molecule has 3 heterocycles. The summed E-state index contributed by atoms with van der Waals surface area (Å²) in [6, 6.07) is 10.0. The Morgan fingerprint density at radius 3 is 3.12 bits per heavy atom. The van der Waals surface area contributed by atoms with E-state index >= 15 is 0 Å². The molecule has 1 aliphatic rings. The van der Waals surface area contributed by atoms with Crippen LogP contribution in [-0.4, -0.2) is 30.0 Å². The van der Waals surface area contributed by atoms with Crippen LogP contribution in [0.5, 0.6) is 0 Å². The minimum absolute atomic E-state index is 0.00604. The van der Waals surface area contributed by atoms with Crippen molar-refractivity contribution in [2.45, 2.75) is 18.9 Å². The first-order valence-electron chi connectivity index (χ1n) is 8.34. The van der Waals surface area contributed by atoms with E-state index in [0.717, 1.165) is 25.1 Å². The normalized spacial score (nSPS) is 17.6. The van der Waals surface area contributed by atoms with Gasteiger partial charge < -0.3 is 14.6 Å². The highest BCUT2D eigenvalue weighted by atomic mass is 19.1. The second-order valence-corrected chi connectivity index (χ2v) is 6.23. The number of rotatable bonds is 3. The molecule has 25 heavy (non-hydrogen) atoms. The van der Waals surface area contributed by atoms with Gasteiger partial charge in [0, 0.05) is 31.0 Å². The fourth-order valence-electron chi connectivity index (χ4n) is 3.33. The zero-order valence-electron chi connectivity index (χ0n) is 13.6. The Kier molecular flexibility index (Phi) is 4.09. The largest absolute Gasteiger partial charge is 0.464 e. The first-order valence-corrected chi connectivity index (χ1v) is 8.34. The van der Waals surface area contributed by atoms with Gasteiger partial charge in [0.15, 0.2) is 0 Å². The van der Waals surface area contributed by atoms with Crippen LogP contribution in [0.2, 0.25) is 0 Å². The van der Waals surface area contributed by atoms with Gasteiger partial charge in [0.1, 0.15) is 17.1 Å². The molecule has 0 bridgehead atoms. The highest BCUT2D eigenvalue weighted by Gasteiger charge is 2.23. The summed E-state index contributed by atoms with van der Waals surface area (Å²) in [6.45, 7) is 1.50. The van der Waals surface area contributed by atoms with Crippen LogP contribution in [0.4, 0.5) is 10.1 Å². The van der Waals surface area contributed by atoms with Crippen LogP contribution >= 0.6 is 0 Å². The van der Waals surface area contributed by atoms with Gasteiger partial charge in [-0.25, -0.2) is 4.39 Å². The summed E-state index contributed by atoms with van der Waals surface area (Å²) in [5, 5.41) is 3.76. The van der Waals surface area contributed by atoms with Crippen molar-refractivity contribution in [2.75, 3.05) is 18.0 Å². The van der Waals surface area contributed by atoms with E-state index in [1.54, 1.807) is 30.7 Å². The summed E-state index contributed by atoms with van der Waals surface area (Å²) in [6.07, 6.45) is 4.94. The smallest absolute Gasteiger partial charge is 0.270 e. The van der Waals surface area contributed by atoms with Crippen LogP contribution in [-0.2, 0) is 0 Å². The van der Waals surface area contributed by atoms with Gasteiger partial charge in [0.25, 0.3) is 5.91 Å². The average molecular weight is 339 g/mol. The number of carbonyl (C=O) groups is 1. The summed E-state index contributed by atoms with van der Waals surface area (Å²) >= 11 is 0. The van der Waals surface area contributed by atoms with E-state index in [9.17, 15) is 9.18 Å². The van der Waals surface area contributed by atoms with Crippen LogP contribution in [0.25, 0.3) is 11.0 Å². The van der Waals surface area contributed by atoms with Gasteiger partial charge in [-0.2, -0.15) is 0 Å². The van der Waals surface area contributed by atoms with Crippen molar-refractivity contribution >= 4 is 22.6 Å². The number of furan rings is 1. The number of fused-ring (bicyclic) bond motifs is 1. The molecule has 1 unspecified atom stereocenters. The van der Waals surface area contributed by atoms with E-state index in [1.165, 1.54) is 12.1 Å². The lowest BCUT2D eigenvalue weighted by atomic mass is 10.0. The number of halogens is 1. The van der Waals surface area contributed by atoms with Crippen LogP contribution in [0.15, 0.2) is 53.3 Å². The van der Waals surface area contributed by atoms with Crippen molar-refractivity contribution < 1.29 is 13.6 Å². The second-order valence-electron chi connectivity index (χ2n) is 6.23. The zero-order valence-corrected chi connectivity index (χ0v) is 13.6. The number of piperidine rings is 1. The molecular weight excluding hydrogens is 321 g/mol. The monoisotopic (exact) mass is 339 g/mol. The lowest BCUT2D eigenvalue weighted by Crippen LogP contribution is -2.48. The molecule has 3 aromatic rings. The van der Waals surface area contributed by atoms with E-state index in [-0.39, 0.29) is 17.8 Å². The standard InChI is InChI=1S/C19H18FN3O2/c20-13-3-1-5-15(11-13)23-9-2-4-14(12-23)22-19(24)18-16-7-10-25-17(16)6-8-21-18/h1,3,5-8,10-11,14H,2,4,9,12H2,(H,22,24). The van der Waals surface area contributed by atoms with Crippen LogP contribution in [0.3, 0.4) is 0 Å². The fourth-order valence-corrected chi connectivity index (χ4v) is 3.33. The van der Waals surface area contributed by atoms with Gasteiger partial charge >= 0.3 is 0 Å². The first-order chi connectivity index (χ1) is 12.2. The molecule has 1 aliphatic heterocycles. The minimum Gasteiger partial charge on any atom is -0.464 e.